The SMILES string of the molecule is C=C(C)C(=O)OCCCC.C=C(C)C(=O)OCCOC(=O)C(=C)C.C=CC(=O)O. The summed E-state index contributed by atoms with van der Waals surface area (Å²) in [5.74, 6) is -2.24. The summed E-state index contributed by atoms with van der Waals surface area (Å²) in [7, 11) is 0. The summed E-state index contributed by atoms with van der Waals surface area (Å²) in [4.78, 5) is 41.6. The summed E-state index contributed by atoms with van der Waals surface area (Å²) >= 11 is 0. The van der Waals surface area contributed by atoms with Gasteiger partial charge in [0.25, 0.3) is 0 Å². The fourth-order valence-corrected chi connectivity index (χ4v) is 0.948. The van der Waals surface area contributed by atoms with E-state index in [0.29, 0.717) is 23.3 Å². The van der Waals surface area contributed by atoms with Gasteiger partial charge >= 0.3 is 23.9 Å². The maximum absolute atomic E-state index is 10.8. The Labute approximate surface area is 172 Å². The van der Waals surface area contributed by atoms with Crippen molar-refractivity contribution in [1.82, 2.24) is 0 Å². The summed E-state index contributed by atoms with van der Waals surface area (Å²) in [6.07, 6.45) is 2.81. The lowest BCUT2D eigenvalue weighted by molar-refractivity contribution is -0.147. The van der Waals surface area contributed by atoms with Crippen molar-refractivity contribution < 1.29 is 38.5 Å². The summed E-state index contributed by atoms with van der Waals surface area (Å²) in [5.41, 5.74) is 1.10. The van der Waals surface area contributed by atoms with Gasteiger partial charge in [0.15, 0.2) is 0 Å². The second-order valence-electron chi connectivity index (χ2n) is 5.64. The number of hydrogen-bond acceptors (Lipinski definition) is 7. The second-order valence-corrected chi connectivity index (χ2v) is 5.64. The maximum atomic E-state index is 10.8. The number of carbonyl (C=O) groups is 4. The molecule has 0 aromatic carbocycles. The van der Waals surface area contributed by atoms with E-state index in [1.165, 1.54) is 0 Å². The van der Waals surface area contributed by atoms with Gasteiger partial charge in [0, 0.05) is 22.8 Å². The Morgan fingerprint density at radius 2 is 1.03 bits per heavy atom. The molecule has 8 nitrogen and oxygen atoms in total. The fraction of sp³-hybridized carbons (Fsp3) is 0.429. The van der Waals surface area contributed by atoms with Crippen LogP contribution in [0.25, 0.3) is 0 Å². The number of ether oxygens (including phenoxy) is 3. The molecule has 0 atom stereocenters. The standard InChI is InChI=1S/C10H14O4.C8H14O2.C3H4O2/c1-7(2)9(11)13-5-6-14-10(12)8(3)4;1-4-5-6-10-8(9)7(2)3;1-2-3(4)5/h1,3,5-6H2,2,4H3;2,4-6H2,1,3H3;2H,1H2,(H,4,5). The lowest BCUT2D eigenvalue weighted by Gasteiger charge is -2.05. The van der Waals surface area contributed by atoms with Crippen LogP contribution >= 0.6 is 0 Å². The number of carboxylic acids is 1. The molecule has 0 radical (unpaired) electrons. The number of esters is 3. The predicted octanol–water partition coefficient (Wildman–Crippen LogP) is 3.39. The maximum Gasteiger partial charge on any atom is 0.333 e. The third-order valence-corrected chi connectivity index (χ3v) is 2.50. The number of rotatable bonds is 10. The smallest absolute Gasteiger partial charge is 0.333 e. The first-order valence-corrected chi connectivity index (χ1v) is 8.73. The van der Waals surface area contributed by atoms with Gasteiger partial charge in [-0.15, -0.1) is 0 Å². The van der Waals surface area contributed by atoms with Gasteiger partial charge in [-0.2, -0.15) is 0 Å². The molecular formula is C21H32O8. The Morgan fingerprint density at radius 3 is 1.24 bits per heavy atom. The Kier molecular flexibility index (Phi) is 20.7. The van der Waals surface area contributed by atoms with Gasteiger partial charge in [0.05, 0.1) is 6.61 Å². The Bertz CT molecular complexity index is 574. The zero-order valence-corrected chi connectivity index (χ0v) is 17.7. The summed E-state index contributed by atoms with van der Waals surface area (Å²) < 4.78 is 14.2. The van der Waals surface area contributed by atoms with Crippen molar-refractivity contribution >= 4 is 23.9 Å². The molecule has 0 bridgehead atoms. The first-order valence-electron chi connectivity index (χ1n) is 8.73. The molecule has 0 aliphatic carbocycles. The van der Waals surface area contributed by atoms with Gasteiger partial charge in [-0.25, -0.2) is 19.2 Å². The van der Waals surface area contributed by atoms with E-state index in [1.807, 2.05) is 0 Å². The highest BCUT2D eigenvalue weighted by molar-refractivity contribution is 5.87. The average molecular weight is 412 g/mol. The molecule has 0 aliphatic heterocycles. The van der Waals surface area contributed by atoms with Gasteiger partial charge in [0.2, 0.25) is 0 Å². The molecule has 0 fully saturated rings. The first kappa shape index (κ1) is 30.6. The van der Waals surface area contributed by atoms with Crippen LogP contribution in [-0.2, 0) is 33.4 Å². The van der Waals surface area contributed by atoms with Crippen molar-refractivity contribution in [1.29, 1.82) is 0 Å². The minimum Gasteiger partial charge on any atom is -0.478 e. The highest BCUT2D eigenvalue weighted by atomic mass is 16.6. The third-order valence-electron chi connectivity index (χ3n) is 2.50. The molecule has 29 heavy (non-hydrogen) atoms. The van der Waals surface area contributed by atoms with Crippen molar-refractivity contribution in [3.63, 3.8) is 0 Å². The second kappa shape index (κ2) is 19.6. The van der Waals surface area contributed by atoms with E-state index in [0.717, 1.165) is 18.9 Å². The molecule has 8 heteroatoms. The topological polar surface area (TPSA) is 116 Å². The van der Waals surface area contributed by atoms with Crippen LogP contribution in [-0.4, -0.2) is 48.8 Å². The van der Waals surface area contributed by atoms with E-state index in [9.17, 15) is 19.2 Å². The van der Waals surface area contributed by atoms with E-state index in [-0.39, 0.29) is 19.2 Å². The average Bonchev–Trinajstić information content (AvgIpc) is 2.65. The largest absolute Gasteiger partial charge is 0.478 e. The number of aliphatic carboxylic acids is 1. The minimum absolute atomic E-state index is 0.0325. The van der Waals surface area contributed by atoms with Crippen LogP contribution < -0.4 is 0 Å². The van der Waals surface area contributed by atoms with E-state index in [2.05, 4.69) is 42.7 Å². The molecule has 0 spiro atoms. The summed E-state index contributed by atoms with van der Waals surface area (Å²) in [6, 6.07) is 0. The van der Waals surface area contributed by atoms with Crippen molar-refractivity contribution in [2.24, 2.45) is 0 Å². The zero-order chi connectivity index (χ0) is 23.4. The quantitative estimate of drug-likeness (QED) is 0.251. The molecule has 0 amide bonds. The van der Waals surface area contributed by atoms with Gasteiger partial charge < -0.3 is 19.3 Å². The first-order chi connectivity index (χ1) is 13.4. The van der Waals surface area contributed by atoms with Crippen LogP contribution in [0.5, 0.6) is 0 Å². The summed E-state index contributed by atoms with van der Waals surface area (Å²) in [6.45, 7) is 20.6. The number of carboxylic acid groups (broad SMARTS) is 1. The molecule has 0 saturated heterocycles. The molecule has 164 valence electrons. The number of unbranched alkanes of at least 4 members (excludes halogenated alkanes) is 1. The number of carbonyl (C=O) groups excluding carboxylic acids is 3. The molecule has 0 rings (SSSR count). The molecule has 1 N–H and O–H groups in total. The van der Waals surface area contributed by atoms with E-state index in [4.69, 9.17) is 9.84 Å². The lowest BCUT2D eigenvalue weighted by Crippen LogP contribution is -2.14. The lowest BCUT2D eigenvalue weighted by atomic mass is 10.3. The van der Waals surface area contributed by atoms with Crippen molar-refractivity contribution in [2.45, 2.75) is 40.5 Å². The van der Waals surface area contributed by atoms with Gasteiger partial charge in [0.1, 0.15) is 13.2 Å². The monoisotopic (exact) mass is 412 g/mol. The van der Waals surface area contributed by atoms with Crippen LogP contribution in [0.4, 0.5) is 0 Å². The number of hydrogen-bond donors (Lipinski definition) is 1. The highest BCUT2D eigenvalue weighted by Crippen LogP contribution is 1.95. The summed E-state index contributed by atoms with van der Waals surface area (Å²) in [5, 5.41) is 7.60. The fourth-order valence-electron chi connectivity index (χ4n) is 0.948. The van der Waals surface area contributed by atoms with Crippen LogP contribution in [0.2, 0.25) is 0 Å². The predicted molar refractivity (Wildman–Crippen MR) is 110 cm³/mol. The zero-order valence-electron chi connectivity index (χ0n) is 17.7. The minimum atomic E-state index is -0.981. The molecule has 0 aromatic heterocycles. The van der Waals surface area contributed by atoms with Gasteiger partial charge in [-0.1, -0.05) is 39.7 Å². The molecular weight excluding hydrogens is 380 g/mol. The third kappa shape index (κ3) is 24.8. The van der Waals surface area contributed by atoms with Crippen LogP contribution in [0.3, 0.4) is 0 Å². The van der Waals surface area contributed by atoms with Crippen LogP contribution in [0.1, 0.15) is 40.5 Å². The normalized spacial score (nSPS) is 8.55. The van der Waals surface area contributed by atoms with Crippen LogP contribution in [0.15, 0.2) is 49.1 Å². The molecule has 0 heterocycles. The molecule has 0 saturated carbocycles. The highest BCUT2D eigenvalue weighted by Gasteiger charge is 2.05. The Hall–Kier alpha value is -3.16. The Balaban J connectivity index is -0.000000392. The molecule has 0 aliphatic rings. The molecule has 0 unspecified atom stereocenters. The van der Waals surface area contributed by atoms with E-state index in [1.54, 1.807) is 20.8 Å². The van der Waals surface area contributed by atoms with Gasteiger partial charge in [-0.05, 0) is 27.2 Å². The van der Waals surface area contributed by atoms with E-state index >= 15 is 0 Å². The van der Waals surface area contributed by atoms with Crippen LogP contribution in [0, 0.1) is 0 Å². The van der Waals surface area contributed by atoms with Gasteiger partial charge in [-0.3, -0.25) is 0 Å². The van der Waals surface area contributed by atoms with Crippen molar-refractivity contribution in [2.75, 3.05) is 19.8 Å². The molecule has 0 aromatic rings. The van der Waals surface area contributed by atoms with Crippen molar-refractivity contribution in [3.8, 4) is 0 Å². The Morgan fingerprint density at radius 1 is 0.759 bits per heavy atom. The van der Waals surface area contributed by atoms with E-state index < -0.39 is 17.9 Å². The van der Waals surface area contributed by atoms with Crippen molar-refractivity contribution in [3.05, 3.63) is 49.1 Å².